The van der Waals surface area contributed by atoms with Crippen molar-refractivity contribution in [2.75, 3.05) is 0 Å². The van der Waals surface area contributed by atoms with Crippen molar-refractivity contribution in [1.29, 1.82) is 0 Å². The number of nitro benzene ring substituents is 1. The lowest BCUT2D eigenvalue weighted by Gasteiger charge is -2.02. The highest BCUT2D eigenvalue weighted by molar-refractivity contribution is 5.47. The molecule has 7 nitrogen and oxygen atoms in total. The zero-order valence-corrected chi connectivity index (χ0v) is 7.86. The lowest BCUT2D eigenvalue weighted by Crippen LogP contribution is -1.99. The molecule has 0 aliphatic rings. The average Bonchev–Trinajstić information content (AvgIpc) is 2.71. The molecule has 2 aromatic rings. The Morgan fingerprint density at radius 3 is 2.87 bits per heavy atom. The van der Waals surface area contributed by atoms with Crippen molar-refractivity contribution in [3.63, 3.8) is 0 Å². The van der Waals surface area contributed by atoms with E-state index < -0.39 is 4.92 Å². The minimum absolute atomic E-state index is 0.0195. The Morgan fingerprint density at radius 1 is 1.47 bits per heavy atom. The van der Waals surface area contributed by atoms with Gasteiger partial charge in [-0.1, -0.05) is 6.07 Å². The van der Waals surface area contributed by atoms with Crippen molar-refractivity contribution in [3.8, 4) is 5.69 Å². The molecule has 1 aromatic heterocycles. The van der Waals surface area contributed by atoms with E-state index in [9.17, 15) is 10.1 Å². The van der Waals surface area contributed by atoms with Crippen LogP contribution < -0.4 is 0 Å². The second kappa shape index (κ2) is 3.45. The summed E-state index contributed by atoms with van der Waals surface area (Å²) in [6, 6.07) is 4.55. The summed E-state index contributed by atoms with van der Waals surface area (Å²) in [5, 5.41) is 21.2. The van der Waals surface area contributed by atoms with Crippen LogP contribution in [0.2, 0.25) is 0 Å². The average molecular weight is 205 g/mol. The molecule has 0 radical (unpaired) electrons. The molecule has 1 aromatic carbocycles. The number of hydrogen-bond donors (Lipinski definition) is 0. The van der Waals surface area contributed by atoms with Gasteiger partial charge in [0.05, 0.1) is 10.6 Å². The fourth-order valence-corrected chi connectivity index (χ4v) is 1.23. The van der Waals surface area contributed by atoms with Gasteiger partial charge in [-0.2, -0.15) is 0 Å². The van der Waals surface area contributed by atoms with E-state index in [1.807, 2.05) is 6.92 Å². The number of hydrogen-bond acceptors (Lipinski definition) is 5. The summed E-state index contributed by atoms with van der Waals surface area (Å²) in [6.45, 7) is 1.83. The molecule has 0 N–H and O–H groups in total. The third-order valence-corrected chi connectivity index (χ3v) is 2.00. The predicted molar refractivity (Wildman–Crippen MR) is 50.5 cm³/mol. The molecule has 0 amide bonds. The van der Waals surface area contributed by atoms with Crippen LogP contribution in [0.3, 0.4) is 0 Å². The van der Waals surface area contributed by atoms with Gasteiger partial charge in [-0.05, 0) is 22.9 Å². The number of rotatable bonds is 2. The van der Waals surface area contributed by atoms with Crippen molar-refractivity contribution in [1.82, 2.24) is 20.2 Å². The molecule has 0 saturated carbocycles. The van der Waals surface area contributed by atoms with Crippen molar-refractivity contribution < 1.29 is 4.92 Å². The van der Waals surface area contributed by atoms with Crippen LogP contribution in [-0.4, -0.2) is 25.1 Å². The maximum Gasteiger partial charge on any atom is 0.271 e. The normalized spacial score (nSPS) is 10.2. The quantitative estimate of drug-likeness (QED) is 0.536. The van der Waals surface area contributed by atoms with Gasteiger partial charge in [0.25, 0.3) is 5.69 Å². The summed E-state index contributed by atoms with van der Waals surface area (Å²) in [5.74, 6) is 0. The Bertz CT molecular complexity index is 494. The van der Waals surface area contributed by atoms with Gasteiger partial charge in [-0.15, -0.1) is 5.10 Å². The van der Waals surface area contributed by atoms with Gasteiger partial charge in [0.1, 0.15) is 6.33 Å². The first-order valence-electron chi connectivity index (χ1n) is 4.17. The van der Waals surface area contributed by atoms with Gasteiger partial charge in [0.15, 0.2) is 0 Å². The van der Waals surface area contributed by atoms with Crippen molar-refractivity contribution in [2.24, 2.45) is 0 Å². The number of benzene rings is 1. The number of non-ortho nitro benzene ring substituents is 1. The van der Waals surface area contributed by atoms with E-state index in [0.29, 0.717) is 5.69 Å². The summed E-state index contributed by atoms with van der Waals surface area (Å²) in [7, 11) is 0. The molecule has 0 bridgehead atoms. The molecular weight excluding hydrogens is 198 g/mol. The molecule has 0 spiro atoms. The van der Waals surface area contributed by atoms with E-state index in [2.05, 4.69) is 15.5 Å². The third-order valence-electron chi connectivity index (χ3n) is 2.00. The van der Waals surface area contributed by atoms with E-state index in [0.717, 1.165) is 5.56 Å². The van der Waals surface area contributed by atoms with Crippen LogP contribution in [0.25, 0.3) is 5.69 Å². The van der Waals surface area contributed by atoms with Crippen LogP contribution in [0.15, 0.2) is 24.5 Å². The van der Waals surface area contributed by atoms with Gasteiger partial charge in [-0.25, -0.2) is 4.68 Å². The van der Waals surface area contributed by atoms with Crippen LogP contribution in [0, 0.1) is 17.0 Å². The van der Waals surface area contributed by atoms with E-state index in [1.54, 1.807) is 6.07 Å². The van der Waals surface area contributed by atoms with Crippen molar-refractivity contribution >= 4 is 5.69 Å². The standard InChI is InChI=1S/C8H7N5O2/c1-6-2-3-7(13(14)15)4-8(6)12-5-9-10-11-12/h2-5H,1H3. The summed E-state index contributed by atoms with van der Waals surface area (Å²) in [5.41, 5.74) is 1.49. The van der Waals surface area contributed by atoms with E-state index in [-0.39, 0.29) is 5.69 Å². The first kappa shape index (κ1) is 9.25. The third kappa shape index (κ3) is 1.66. The zero-order valence-electron chi connectivity index (χ0n) is 7.86. The van der Waals surface area contributed by atoms with Crippen LogP contribution in [0.4, 0.5) is 5.69 Å². The lowest BCUT2D eigenvalue weighted by atomic mass is 10.2. The first-order chi connectivity index (χ1) is 7.18. The Labute approximate surface area is 84.5 Å². The molecule has 2 rings (SSSR count). The fraction of sp³-hybridized carbons (Fsp3) is 0.125. The minimum atomic E-state index is -0.451. The van der Waals surface area contributed by atoms with Crippen LogP contribution in [0.1, 0.15) is 5.56 Å². The summed E-state index contributed by atoms with van der Waals surface area (Å²) in [6.07, 6.45) is 1.39. The molecular formula is C8H7N5O2. The highest BCUT2D eigenvalue weighted by Gasteiger charge is 2.10. The van der Waals surface area contributed by atoms with E-state index in [4.69, 9.17) is 0 Å². The van der Waals surface area contributed by atoms with Gasteiger partial charge in [0, 0.05) is 12.1 Å². The molecule has 0 saturated heterocycles. The van der Waals surface area contributed by atoms with Crippen molar-refractivity contribution in [2.45, 2.75) is 6.92 Å². The number of aryl methyl sites for hydroxylation is 1. The molecule has 15 heavy (non-hydrogen) atoms. The Morgan fingerprint density at radius 2 is 2.27 bits per heavy atom. The summed E-state index contributed by atoms with van der Waals surface area (Å²) < 4.78 is 1.39. The maximum absolute atomic E-state index is 10.6. The predicted octanol–water partition coefficient (Wildman–Crippen LogP) is 0.879. The molecule has 0 aliphatic heterocycles. The number of aromatic nitrogens is 4. The minimum Gasteiger partial charge on any atom is -0.258 e. The topological polar surface area (TPSA) is 86.7 Å². The van der Waals surface area contributed by atoms with Crippen LogP contribution in [0.5, 0.6) is 0 Å². The molecule has 7 heteroatoms. The zero-order chi connectivity index (χ0) is 10.8. The molecule has 76 valence electrons. The molecule has 0 fully saturated rings. The Kier molecular flexibility index (Phi) is 2.13. The lowest BCUT2D eigenvalue weighted by molar-refractivity contribution is -0.384. The highest BCUT2D eigenvalue weighted by atomic mass is 16.6. The maximum atomic E-state index is 10.6. The van der Waals surface area contributed by atoms with E-state index in [1.165, 1.54) is 23.1 Å². The second-order valence-corrected chi connectivity index (χ2v) is 2.98. The van der Waals surface area contributed by atoms with Gasteiger partial charge in [0.2, 0.25) is 0 Å². The van der Waals surface area contributed by atoms with E-state index >= 15 is 0 Å². The second-order valence-electron chi connectivity index (χ2n) is 2.98. The summed E-state index contributed by atoms with van der Waals surface area (Å²) >= 11 is 0. The van der Waals surface area contributed by atoms with Crippen molar-refractivity contribution in [3.05, 3.63) is 40.2 Å². The van der Waals surface area contributed by atoms with Crippen LogP contribution >= 0.6 is 0 Å². The first-order valence-corrected chi connectivity index (χ1v) is 4.17. The molecule has 1 heterocycles. The van der Waals surface area contributed by atoms with Gasteiger partial charge < -0.3 is 0 Å². The molecule has 0 unspecified atom stereocenters. The SMILES string of the molecule is Cc1ccc([N+](=O)[O-])cc1-n1cnnn1. The highest BCUT2D eigenvalue weighted by Crippen LogP contribution is 2.19. The largest absolute Gasteiger partial charge is 0.271 e. The Hall–Kier alpha value is -2.31. The van der Waals surface area contributed by atoms with Crippen LogP contribution in [-0.2, 0) is 0 Å². The molecule has 0 atom stereocenters. The molecule has 0 aliphatic carbocycles. The summed E-state index contributed by atoms with van der Waals surface area (Å²) in [4.78, 5) is 10.1. The smallest absolute Gasteiger partial charge is 0.258 e. The number of nitrogens with zero attached hydrogens (tertiary/aromatic N) is 5. The number of nitro groups is 1. The number of tetrazole rings is 1. The Balaban J connectivity index is 2.55. The van der Waals surface area contributed by atoms with Gasteiger partial charge >= 0.3 is 0 Å². The fourth-order valence-electron chi connectivity index (χ4n) is 1.23. The monoisotopic (exact) mass is 205 g/mol. The van der Waals surface area contributed by atoms with Gasteiger partial charge in [-0.3, -0.25) is 10.1 Å².